The lowest BCUT2D eigenvalue weighted by Gasteiger charge is -2.34. The van der Waals surface area contributed by atoms with Crippen LogP contribution in [-0.4, -0.2) is 37.0 Å². The fourth-order valence-corrected chi connectivity index (χ4v) is 3.52. The Morgan fingerprint density at radius 2 is 2.00 bits per heavy atom. The second kappa shape index (κ2) is 7.28. The predicted molar refractivity (Wildman–Crippen MR) is 87.9 cm³/mol. The van der Waals surface area contributed by atoms with Gasteiger partial charge in [0, 0.05) is 26.2 Å². The number of nitrogens with zero attached hydrogens (tertiary/aromatic N) is 1. The van der Waals surface area contributed by atoms with E-state index in [0.717, 1.165) is 37.0 Å². The maximum Gasteiger partial charge on any atom is 0.252 e. The molecule has 0 spiro atoms. The summed E-state index contributed by atoms with van der Waals surface area (Å²) >= 11 is 6.12. The molecule has 1 N–H and O–H groups in total. The van der Waals surface area contributed by atoms with E-state index in [-0.39, 0.29) is 5.91 Å². The number of aryl methyl sites for hydroxylation is 1. The number of nitrogens with one attached hydrogen (secondary N) is 1. The van der Waals surface area contributed by atoms with E-state index in [0.29, 0.717) is 17.1 Å². The summed E-state index contributed by atoms with van der Waals surface area (Å²) in [5.41, 5.74) is 1.62. The van der Waals surface area contributed by atoms with Gasteiger partial charge in [0.25, 0.3) is 5.91 Å². The molecule has 2 rings (SSSR count). The van der Waals surface area contributed by atoms with Gasteiger partial charge in [0.05, 0.1) is 10.6 Å². The highest BCUT2D eigenvalue weighted by Crippen LogP contribution is 2.20. The second-order valence-electron chi connectivity index (χ2n) is 6.44. The largest absolute Gasteiger partial charge is 0.351 e. The maximum absolute atomic E-state index is 12.1. The Bertz CT molecular complexity index is 494. The highest BCUT2D eigenvalue weighted by molar-refractivity contribution is 6.33. The predicted octanol–water partition coefficient (Wildman–Crippen LogP) is 3.36. The highest BCUT2D eigenvalue weighted by atomic mass is 35.5. The van der Waals surface area contributed by atoms with Crippen molar-refractivity contribution in [1.29, 1.82) is 0 Å². The van der Waals surface area contributed by atoms with Gasteiger partial charge in [0.15, 0.2) is 0 Å². The molecule has 1 aromatic carbocycles. The van der Waals surface area contributed by atoms with Gasteiger partial charge in [-0.05, 0) is 42.9 Å². The summed E-state index contributed by atoms with van der Waals surface area (Å²) in [6, 6.07) is 5.53. The van der Waals surface area contributed by atoms with Crippen LogP contribution in [0, 0.1) is 18.8 Å². The van der Waals surface area contributed by atoms with Gasteiger partial charge in [-0.3, -0.25) is 4.79 Å². The number of carbonyl (C=O) groups excluding carboxylic acids is 1. The molecule has 2 unspecified atom stereocenters. The third-order valence-corrected chi connectivity index (χ3v) is 4.34. The fourth-order valence-electron chi connectivity index (χ4n) is 3.20. The third-order valence-electron chi connectivity index (χ3n) is 4.03. The molecule has 1 aromatic rings. The summed E-state index contributed by atoms with van der Waals surface area (Å²) < 4.78 is 0. The molecule has 3 nitrogen and oxygen atoms in total. The van der Waals surface area contributed by atoms with E-state index in [2.05, 4.69) is 24.1 Å². The third kappa shape index (κ3) is 4.72. The summed E-state index contributed by atoms with van der Waals surface area (Å²) in [6.45, 7) is 10.4. The SMILES string of the molecule is Cc1ccc(C(=O)NCCN2CC(C)CC(C)C2)c(Cl)c1. The number of benzene rings is 1. The Morgan fingerprint density at radius 1 is 1.33 bits per heavy atom. The Hall–Kier alpha value is -1.06. The summed E-state index contributed by atoms with van der Waals surface area (Å²) in [5, 5.41) is 3.49. The van der Waals surface area contributed by atoms with E-state index >= 15 is 0 Å². The van der Waals surface area contributed by atoms with Crippen LogP contribution >= 0.6 is 11.6 Å². The van der Waals surface area contributed by atoms with Crippen molar-refractivity contribution >= 4 is 17.5 Å². The van der Waals surface area contributed by atoms with Gasteiger partial charge >= 0.3 is 0 Å². The van der Waals surface area contributed by atoms with Gasteiger partial charge in [-0.25, -0.2) is 0 Å². The van der Waals surface area contributed by atoms with Gasteiger partial charge in [-0.15, -0.1) is 0 Å². The molecule has 1 heterocycles. The number of hydrogen-bond donors (Lipinski definition) is 1. The van der Waals surface area contributed by atoms with Crippen molar-refractivity contribution < 1.29 is 4.79 Å². The van der Waals surface area contributed by atoms with Crippen LogP contribution in [0.3, 0.4) is 0 Å². The standard InChI is InChI=1S/C17H25ClN2O/c1-12-4-5-15(16(18)9-12)17(21)19-6-7-20-10-13(2)8-14(3)11-20/h4-5,9,13-14H,6-8,10-11H2,1-3H3,(H,19,21). The minimum absolute atomic E-state index is 0.0851. The molecule has 0 radical (unpaired) electrons. The monoisotopic (exact) mass is 308 g/mol. The molecule has 1 saturated heterocycles. The van der Waals surface area contributed by atoms with E-state index < -0.39 is 0 Å². The van der Waals surface area contributed by atoms with Crippen molar-refractivity contribution in [3.63, 3.8) is 0 Å². The van der Waals surface area contributed by atoms with Crippen molar-refractivity contribution in [3.05, 3.63) is 34.3 Å². The zero-order valence-corrected chi connectivity index (χ0v) is 13.9. The lowest BCUT2D eigenvalue weighted by atomic mass is 9.92. The molecular formula is C17H25ClN2O. The highest BCUT2D eigenvalue weighted by Gasteiger charge is 2.21. The normalized spacial score (nSPS) is 23.0. The zero-order chi connectivity index (χ0) is 15.4. The number of hydrogen-bond acceptors (Lipinski definition) is 2. The molecule has 0 aromatic heterocycles. The number of piperidine rings is 1. The molecular weight excluding hydrogens is 284 g/mol. The Balaban J connectivity index is 1.81. The molecule has 1 aliphatic rings. The van der Waals surface area contributed by atoms with Crippen molar-refractivity contribution in [2.75, 3.05) is 26.2 Å². The van der Waals surface area contributed by atoms with E-state index in [1.807, 2.05) is 19.1 Å². The first-order valence-electron chi connectivity index (χ1n) is 7.72. The van der Waals surface area contributed by atoms with Gasteiger partial charge in [-0.2, -0.15) is 0 Å². The summed E-state index contributed by atoms with van der Waals surface area (Å²) in [6.07, 6.45) is 1.31. The molecule has 4 heteroatoms. The molecule has 116 valence electrons. The van der Waals surface area contributed by atoms with Crippen LogP contribution in [0.15, 0.2) is 18.2 Å². The molecule has 0 saturated carbocycles. The van der Waals surface area contributed by atoms with Crippen LogP contribution in [0.4, 0.5) is 0 Å². The first-order valence-corrected chi connectivity index (χ1v) is 8.10. The lowest BCUT2D eigenvalue weighted by Crippen LogP contribution is -2.42. The van der Waals surface area contributed by atoms with Crippen LogP contribution in [0.25, 0.3) is 0 Å². The molecule has 2 atom stereocenters. The van der Waals surface area contributed by atoms with E-state index in [1.54, 1.807) is 6.07 Å². The van der Waals surface area contributed by atoms with Crippen LogP contribution in [0.2, 0.25) is 5.02 Å². The van der Waals surface area contributed by atoms with Crippen LogP contribution in [0.5, 0.6) is 0 Å². The summed E-state index contributed by atoms with van der Waals surface area (Å²) in [4.78, 5) is 14.6. The topological polar surface area (TPSA) is 32.3 Å². The molecule has 1 amide bonds. The van der Waals surface area contributed by atoms with Gasteiger partial charge in [-0.1, -0.05) is 31.5 Å². The molecule has 1 aliphatic heterocycles. The number of likely N-dealkylation sites (tertiary alicyclic amines) is 1. The maximum atomic E-state index is 12.1. The van der Waals surface area contributed by atoms with Gasteiger partial charge in [0.2, 0.25) is 0 Å². The van der Waals surface area contributed by atoms with Crippen molar-refractivity contribution in [1.82, 2.24) is 10.2 Å². The number of rotatable bonds is 4. The fraction of sp³-hybridized carbons (Fsp3) is 0.588. The minimum Gasteiger partial charge on any atom is -0.351 e. The molecule has 0 aliphatic carbocycles. The number of halogens is 1. The quantitative estimate of drug-likeness (QED) is 0.925. The Kier molecular flexibility index (Phi) is 5.65. The summed E-state index contributed by atoms with van der Waals surface area (Å²) in [7, 11) is 0. The van der Waals surface area contributed by atoms with Crippen molar-refractivity contribution in [3.8, 4) is 0 Å². The van der Waals surface area contributed by atoms with Crippen LogP contribution in [0.1, 0.15) is 36.2 Å². The van der Waals surface area contributed by atoms with Crippen molar-refractivity contribution in [2.45, 2.75) is 27.2 Å². The summed E-state index contributed by atoms with van der Waals surface area (Å²) in [5.74, 6) is 1.41. The van der Waals surface area contributed by atoms with Gasteiger partial charge in [0.1, 0.15) is 0 Å². The van der Waals surface area contributed by atoms with Crippen LogP contribution < -0.4 is 5.32 Å². The molecule has 21 heavy (non-hydrogen) atoms. The first-order chi connectivity index (χ1) is 9.95. The van der Waals surface area contributed by atoms with E-state index in [1.165, 1.54) is 6.42 Å². The zero-order valence-electron chi connectivity index (χ0n) is 13.2. The average Bonchev–Trinajstić information content (AvgIpc) is 2.37. The minimum atomic E-state index is -0.0851. The van der Waals surface area contributed by atoms with Crippen molar-refractivity contribution in [2.24, 2.45) is 11.8 Å². The first kappa shape index (κ1) is 16.3. The molecule has 1 fully saturated rings. The second-order valence-corrected chi connectivity index (χ2v) is 6.85. The Labute approximate surface area is 132 Å². The number of amides is 1. The number of carbonyl (C=O) groups is 1. The molecule has 0 bridgehead atoms. The average molecular weight is 309 g/mol. The Morgan fingerprint density at radius 3 is 2.62 bits per heavy atom. The van der Waals surface area contributed by atoms with E-state index in [4.69, 9.17) is 11.6 Å². The van der Waals surface area contributed by atoms with Gasteiger partial charge < -0.3 is 10.2 Å². The van der Waals surface area contributed by atoms with E-state index in [9.17, 15) is 4.79 Å². The lowest BCUT2D eigenvalue weighted by molar-refractivity contribution is 0.0937. The van der Waals surface area contributed by atoms with Crippen LogP contribution in [-0.2, 0) is 0 Å². The smallest absolute Gasteiger partial charge is 0.252 e.